The third kappa shape index (κ3) is 58.4. The van der Waals surface area contributed by atoms with E-state index >= 15 is 0 Å². The summed E-state index contributed by atoms with van der Waals surface area (Å²) in [6.07, 6.45) is 72.8. The molecule has 0 aliphatic rings. The molecule has 0 heterocycles. The van der Waals surface area contributed by atoms with Gasteiger partial charge in [-0.3, -0.25) is 14.4 Å². The maximum absolute atomic E-state index is 12.9. The lowest BCUT2D eigenvalue weighted by atomic mass is 10.0. The van der Waals surface area contributed by atoms with Crippen LogP contribution in [-0.4, -0.2) is 37.2 Å². The van der Waals surface area contributed by atoms with E-state index in [0.717, 1.165) is 70.6 Å². The second kappa shape index (κ2) is 60.2. The number of carbonyl (C=O) groups is 3. The van der Waals surface area contributed by atoms with Crippen LogP contribution in [0.5, 0.6) is 0 Å². The van der Waals surface area contributed by atoms with Crippen LogP contribution in [0.3, 0.4) is 0 Å². The Bertz CT molecular complexity index is 1190. The third-order valence-electron chi connectivity index (χ3n) is 14.1. The summed E-state index contributed by atoms with van der Waals surface area (Å²) in [6.45, 7) is 6.66. The van der Waals surface area contributed by atoms with Crippen molar-refractivity contribution in [3.05, 3.63) is 36.5 Å². The van der Waals surface area contributed by atoms with E-state index in [0.29, 0.717) is 19.3 Å². The molecule has 0 aromatic heterocycles. The molecule has 0 aromatic rings. The second-order valence-electron chi connectivity index (χ2n) is 21.3. The zero-order valence-electron chi connectivity index (χ0n) is 47.8. The molecule has 71 heavy (non-hydrogen) atoms. The molecule has 0 saturated heterocycles. The van der Waals surface area contributed by atoms with Crippen LogP contribution < -0.4 is 0 Å². The molecule has 0 aliphatic heterocycles. The summed E-state index contributed by atoms with van der Waals surface area (Å²) in [4.78, 5) is 38.3. The van der Waals surface area contributed by atoms with Gasteiger partial charge in [-0.1, -0.05) is 282 Å². The van der Waals surface area contributed by atoms with Gasteiger partial charge in [-0.2, -0.15) is 0 Å². The molecule has 0 bridgehead atoms. The van der Waals surface area contributed by atoms with E-state index in [-0.39, 0.29) is 31.1 Å². The Kier molecular flexibility index (Phi) is 58.2. The molecule has 0 N–H and O–H groups in total. The van der Waals surface area contributed by atoms with Crippen molar-refractivity contribution in [1.82, 2.24) is 0 Å². The molecule has 0 saturated carbocycles. The molecular formula is C65H120O6. The molecule has 0 rings (SSSR count). The number of hydrogen-bond acceptors (Lipinski definition) is 6. The highest BCUT2D eigenvalue weighted by Gasteiger charge is 2.19. The molecule has 1 atom stereocenters. The summed E-state index contributed by atoms with van der Waals surface area (Å²) >= 11 is 0. The number of allylic oxidation sites excluding steroid dienone is 6. The van der Waals surface area contributed by atoms with Gasteiger partial charge in [0.25, 0.3) is 0 Å². The normalized spacial score (nSPS) is 12.2. The zero-order chi connectivity index (χ0) is 51.4. The Hall–Kier alpha value is -2.37. The third-order valence-corrected chi connectivity index (χ3v) is 14.1. The van der Waals surface area contributed by atoms with E-state index in [1.807, 2.05) is 0 Å². The Morgan fingerprint density at radius 3 is 0.817 bits per heavy atom. The van der Waals surface area contributed by atoms with Crippen molar-refractivity contribution in [3.8, 4) is 0 Å². The van der Waals surface area contributed by atoms with E-state index < -0.39 is 6.10 Å². The van der Waals surface area contributed by atoms with Crippen LogP contribution in [0.1, 0.15) is 342 Å². The van der Waals surface area contributed by atoms with Gasteiger partial charge in [0, 0.05) is 19.3 Å². The molecule has 0 spiro atoms. The minimum Gasteiger partial charge on any atom is -0.462 e. The Morgan fingerprint density at radius 2 is 0.507 bits per heavy atom. The fourth-order valence-electron chi connectivity index (χ4n) is 9.35. The molecule has 0 amide bonds. The van der Waals surface area contributed by atoms with Crippen LogP contribution >= 0.6 is 0 Å². The quantitative estimate of drug-likeness (QED) is 0.0261. The molecule has 6 heteroatoms. The predicted molar refractivity (Wildman–Crippen MR) is 307 cm³/mol. The van der Waals surface area contributed by atoms with Crippen LogP contribution in [0.25, 0.3) is 0 Å². The number of rotatable bonds is 58. The van der Waals surface area contributed by atoms with Gasteiger partial charge < -0.3 is 14.2 Å². The van der Waals surface area contributed by atoms with Crippen molar-refractivity contribution in [2.45, 2.75) is 348 Å². The van der Waals surface area contributed by atoms with Crippen molar-refractivity contribution in [2.75, 3.05) is 13.2 Å². The van der Waals surface area contributed by atoms with Crippen molar-refractivity contribution in [2.24, 2.45) is 0 Å². The molecule has 0 aromatic carbocycles. The lowest BCUT2D eigenvalue weighted by Gasteiger charge is -2.18. The van der Waals surface area contributed by atoms with Gasteiger partial charge in [-0.05, 0) is 77.0 Å². The number of ether oxygens (including phenoxy) is 3. The molecule has 0 radical (unpaired) electrons. The molecule has 416 valence electrons. The van der Waals surface area contributed by atoms with Crippen LogP contribution in [0.4, 0.5) is 0 Å². The monoisotopic (exact) mass is 997 g/mol. The lowest BCUT2D eigenvalue weighted by Crippen LogP contribution is -2.30. The molecule has 0 fully saturated rings. The fourth-order valence-corrected chi connectivity index (χ4v) is 9.35. The topological polar surface area (TPSA) is 78.9 Å². The van der Waals surface area contributed by atoms with Gasteiger partial charge in [0.2, 0.25) is 0 Å². The SMILES string of the molecule is CCCCC/C=C\C/C=C\CCCCCCCCCC(=O)O[C@H](COC(=O)CCCCCCCCCCC/C=C\CCCCCCCC)COC(=O)CCCCCCCCCCCCCCCCCCC. The summed E-state index contributed by atoms with van der Waals surface area (Å²) in [7, 11) is 0. The largest absolute Gasteiger partial charge is 0.462 e. The van der Waals surface area contributed by atoms with E-state index in [2.05, 4.69) is 57.2 Å². The van der Waals surface area contributed by atoms with Crippen molar-refractivity contribution >= 4 is 17.9 Å². The van der Waals surface area contributed by atoms with Gasteiger partial charge in [0.15, 0.2) is 6.10 Å². The highest BCUT2D eigenvalue weighted by molar-refractivity contribution is 5.71. The van der Waals surface area contributed by atoms with Crippen molar-refractivity contribution < 1.29 is 28.6 Å². The summed E-state index contributed by atoms with van der Waals surface area (Å²) in [6, 6.07) is 0. The van der Waals surface area contributed by atoms with Crippen LogP contribution in [0.2, 0.25) is 0 Å². The first-order chi connectivity index (χ1) is 35.0. The first kappa shape index (κ1) is 68.6. The van der Waals surface area contributed by atoms with Gasteiger partial charge in [-0.25, -0.2) is 0 Å². The first-order valence-electron chi connectivity index (χ1n) is 31.5. The molecule has 6 nitrogen and oxygen atoms in total. The Labute approximate surface area is 442 Å². The van der Waals surface area contributed by atoms with Gasteiger partial charge in [-0.15, -0.1) is 0 Å². The Balaban J connectivity index is 4.34. The maximum Gasteiger partial charge on any atom is 0.306 e. The van der Waals surface area contributed by atoms with Crippen molar-refractivity contribution in [1.29, 1.82) is 0 Å². The van der Waals surface area contributed by atoms with Crippen molar-refractivity contribution in [3.63, 3.8) is 0 Å². The summed E-state index contributed by atoms with van der Waals surface area (Å²) in [5.74, 6) is -0.859. The number of unbranched alkanes of at least 4 members (excludes halogenated alkanes) is 41. The summed E-state index contributed by atoms with van der Waals surface area (Å²) in [5.41, 5.74) is 0. The van der Waals surface area contributed by atoms with Gasteiger partial charge in [0.1, 0.15) is 13.2 Å². The standard InChI is InChI=1S/C65H120O6/c1-4-7-10-13-16-19-22-25-28-31-32-35-37-40-43-46-49-52-55-58-64(67)70-61-62(71-65(68)59-56-53-50-47-44-41-38-34-30-27-24-21-18-15-12-9-6-3)60-69-63(66)57-54-51-48-45-42-39-36-33-29-26-23-20-17-14-11-8-5-2/h18,21,25,27-28,30,62H,4-17,19-20,22-24,26,29,31-61H2,1-3H3/b21-18-,28-25-,30-27-/t62-/m0/s1. The highest BCUT2D eigenvalue weighted by Crippen LogP contribution is 2.17. The van der Waals surface area contributed by atoms with Crippen LogP contribution in [-0.2, 0) is 28.6 Å². The number of hydrogen-bond donors (Lipinski definition) is 0. The van der Waals surface area contributed by atoms with E-state index in [4.69, 9.17) is 14.2 Å². The lowest BCUT2D eigenvalue weighted by molar-refractivity contribution is -0.167. The van der Waals surface area contributed by atoms with Crippen LogP contribution in [0.15, 0.2) is 36.5 Å². The summed E-state index contributed by atoms with van der Waals surface area (Å²) in [5, 5.41) is 0. The maximum atomic E-state index is 12.9. The van der Waals surface area contributed by atoms with Crippen LogP contribution in [0, 0.1) is 0 Å². The highest BCUT2D eigenvalue weighted by atomic mass is 16.6. The molecule has 0 aliphatic carbocycles. The van der Waals surface area contributed by atoms with Gasteiger partial charge in [0.05, 0.1) is 0 Å². The molecular weight excluding hydrogens is 877 g/mol. The summed E-state index contributed by atoms with van der Waals surface area (Å²) < 4.78 is 16.9. The average Bonchev–Trinajstić information content (AvgIpc) is 3.37. The van der Waals surface area contributed by atoms with E-state index in [1.165, 1.54) is 231 Å². The second-order valence-corrected chi connectivity index (χ2v) is 21.3. The number of esters is 3. The minimum absolute atomic E-state index is 0.0717. The zero-order valence-corrected chi connectivity index (χ0v) is 47.8. The van der Waals surface area contributed by atoms with E-state index in [1.54, 1.807) is 0 Å². The predicted octanol–water partition coefficient (Wildman–Crippen LogP) is 21.2. The number of carbonyl (C=O) groups excluding carboxylic acids is 3. The first-order valence-corrected chi connectivity index (χ1v) is 31.5. The minimum atomic E-state index is -0.775. The molecule has 0 unspecified atom stereocenters. The van der Waals surface area contributed by atoms with Gasteiger partial charge >= 0.3 is 17.9 Å². The average molecular weight is 998 g/mol. The fraction of sp³-hybridized carbons (Fsp3) is 0.862. The van der Waals surface area contributed by atoms with E-state index in [9.17, 15) is 14.4 Å². The Morgan fingerprint density at radius 1 is 0.282 bits per heavy atom. The smallest absolute Gasteiger partial charge is 0.306 e.